The Kier molecular flexibility index (Phi) is 14.7. The van der Waals surface area contributed by atoms with E-state index in [0.717, 1.165) is 22.3 Å². The average Bonchev–Trinajstić information content (AvgIpc) is 3.82. The van der Waals surface area contributed by atoms with Crippen LogP contribution >= 0.6 is 11.6 Å². The number of aromatic hydroxyl groups is 1. The van der Waals surface area contributed by atoms with Gasteiger partial charge in [-0.1, -0.05) is 54.1 Å². The Morgan fingerprint density at radius 3 is 1.86 bits per heavy atom. The van der Waals surface area contributed by atoms with E-state index in [4.69, 9.17) is 31.7 Å². The van der Waals surface area contributed by atoms with Crippen LogP contribution in [0.1, 0.15) is 54.5 Å². The fraction of sp³-hybridized carbons (Fsp3) is 0.462. The zero-order valence-electron chi connectivity index (χ0n) is 29.6. The number of nitrogens with zero attached hydrogens (tertiary/aromatic N) is 3. The van der Waals surface area contributed by atoms with Crippen molar-refractivity contribution in [3.63, 3.8) is 0 Å². The predicted molar refractivity (Wildman–Crippen MR) is 194 cm³/mol. The van der Waals surface area contributed by atoms with Crippen LogP contribution in [0.25, 0.3) is 0 Å². The number of methoxy groups -OCH3 is 1. The van der Waals surface area contributed by atoms with Crippen molar-refractivity contribution in [1.29, 1.82) is 0 Å². The second-order valence-electron chi connectivity index (χ2n) is 13.5. The van der Waals surface area contributed by atoms with Gasteiger partial charge >= 0.3 is 0 Å². The number of aryl methyl sites for hydroxylation is 1. The standard InChI is InChI=1S/C13H16ClNO2.C13H17NO4.C13H17NO2/c1-9-4-12(14)3-2-11(9)7-15-6-10(8-16)5-13(15)17;1-18-12-4-9(2-3-11(12)16)6-14-7-10(8-15)5-13(14)17;1-10(12-5-3-2-4-6-12)14-8-11(9-15)7-13(14)16/h2-4,10,16H,5-8H2,1H3;2-4,10,15-16H,5-8H2,1H3;2-6,10-11,15H,7-9H2,1H3. The van der Waals surface area contributed by atoms with Crippen LogP contribution in [0, 0.1) is 24.7 Å². The van der Waals surface area contributed by atoms with E-state index in [9.17, 15) is 19.5 Å². The van der Waals surface area contributed by atoms with E-state index in [0.29, 0.717) is 62.8 Å². The van der Waals surface area contributed by atoms with Gasteiger partial charge in [-0.25, -0.2) is 0 Å². The quantitative estimate of drug-likeness (QED) is 0.242. The molecule has 3 heterocycles. The molecule has 3 aromatic rings. The van der Waals surface area contributed by atoms with Crippen molar-refractivity contribution in [2.75, 3.05) is 46.6 Å². The maximum atomic E-state index is 11.8. The van der Waals surface area contributed by atoms with E-state index in [-0.39, 0.29) is 67.1 Å². The molecule has 6 rings (SSSR count). The van der Waals surface area contributed by atoms with Crippen LogP contribution in [0.15, 0.2) is 66.7 Å². The van der Waals surface area contributed by atoms with E-state index in [1.54, 1.807) is 28.0 Å². The van der Waals surface area contributed by atoms with Gasteiger partial charge in [-0.05, 0) is 60.4 Å². The molecule has 4 N–H and O–H groups in total. The highest BCUT2D eigenvalue weighted by atomic mass is 35.5. The van der Waals surface area contributed by atoms with E-state index in [1.807, 2.05) is 67.3 Å². The van der Waals surface area contributed by atoms with Gasteiger partial charge < -0.3 is 39.9 Å². The van der Waals surface area contributed by atoms with Gasteiger partial charge in [0.05, 0.1) is 13.2 Å². The second kappa shape index (κ2) is 18.9. The van der Waals surface area contributed by atoms with Crippen molar-refractivity contribution < 1.29 is 39.5 Å². The molecule has 0 aromatic heterocycles. The number of carbonyl (C=O) groups is 3. The summed E-state index contributed by atoms with van der Waals surface area (Å²) in [6.07, 6.45) is 1.35. The topological polar surface area (TPSA) is 151 Å². The van der Waals surface area contributed by atoms with Crippen LogP contribution in [0.2, 0.25) is 5.02 Å². The average molecular weight is 724 g/mol. The number of amides is 3. The van der Waals surface area contributed by atoms with Crippen molar-refractivity contribution >= 4 is 29.3 Å². The summed E-state index contributed by atoms with van der Waals surface area (Å²) < 4.78 is 5.03. The van der Waals surface area contributed by atoms with E-state index in [2.05, 4.69) is 0 Å². The summed E-state index contributed by atoms with van der Waals surface area (Å²) in [7, 11) is 1.49. The maximum Gasteiger partial charge on any atom is 0.223 e. The van der Waals surface area contributed by atoms with Gasteiger partial charge in [0.25, 0.3) is 0 Å². The normalized spacial score (nSPS) is 20.6. The molecule has 3 aromatic carbocycles. The molecule has 3 saturated heterocycles. The molecule has 12 heteroatoms. The number of carbonyl (C=O) groups excluding carboxylic acids is 3. The van der Waals surface area contributed by atoms with Crippen LogP contribution in [-0.4, -0.2) is 99.4 Å². The highest BCUT2D eigenvalue weighted by Crippen LogP contribution is 2.29. The number of hydrogen-bond donors (Lipinski definition) is 4. The molecule has 3 aliphatic heterocycles. The van der Waals surface area contributed by atoms with Crippen LogP contribution in [0.5, 0.6) is 11.5 Å². The smallest absolute Gasteiger partial charge is 0.223 e. The summed E-state index contributed by atoms with van der Waals surface area (Å²) >= 11 is 5.89. The number of benzene rings is 3. The first kappa shape index (κ1) is 39.6. The van der Waals surface area contributed by atoms with Gasteiger partial charge in [-0.3, -0.25) is 14.4 Å². The third-order valence-corrected chi connectivity index (χ3v) is 9.87. The number of likely N-dealkylation sites (tertiary alicyclic amines) is 3. The Bertz CT molecular complexity index is 1620. The number of phenols is 1. The van der Waals surface area contributed by atoms with Crippen LogP contribution in [0.3, 0.4) is 0 Å². The third-order valence-electron chi connectivity index (χ3n) is 9.64. The first-order valence-electron chi connectivity index (χ1n) is 17.3. The van der Waals surface area contributed by atoms with Crippen molar-refractivity contribution in [2.45, 2.75) is 52.2 Å². The molecule has 0 spiro atoms. The summed E-state index contributed by atoms with van der Waals surface area (Å²) in [5.74, 6) is 1.06. The molecule has 3 amide bonds. The third kappa shape index (κ3) is 10.9. The minimum Gasteiger partial charge on any atom is -0.504 e. The fourth-order valence-electron chi connectivity index (χ4n) is 6.56. The Hall–Kier alpha value is -4.16. The number of hydrogen-bond acceptors (Lipinski definition) is 8. The zero-order valence-corrected chi connectivity index (χ0v) is 30.3. The van der Waals surface area contributed by atoms with Crippen LogP contribution in [-0.2, 0) is 27.5 Å². The number of halogens is 1. The molecular weight excluding hydrogens is 674 g/mol. The molecule has 0 bridgehead atoms. The molecule has 3 aliphatic rings. The summed E-state index contributed by atoms with van der Waals surface area (Å²) in [6, 6.07) is 20.8. The maximum absolute atomic E-state index is 11.8. The first-order chi connectivity index (χ1) is 24.5. The van der Waals surface area contributed by atoms with E-state index in [1.165, 1.54) is 7.11 Å². The molecule has 51 heavy (non-hydrogen) atoms. The molecule has 0 saturated carbocycles. The number of ether oxygens (including phenoxy) is 1. The number of aliphatic hydroxyl groups excluding tert-OH is 3. The van der Waals surface area contributed by atoms with E-state index >= 15 is 0 Å². The fourth-order valence-corrected chi connectivity index (χ4v) is 6.78. The molecule has 11 nitrogen and oxygen atoms in total. The molecular formula is C39H50ClN3O8. The second-order valence-corrected chi connectivity index (χ2v) is 14.0. The lowest BCUT2D eigenvalue weighted by atomic mass is 10.1. The minimum atomic E-state index is 0.0384. The first-order valence-corrected chi connectivity index (χ1v) is 17.7. The zero-order chi connectivity index (χ0) is 37.1. The molecule has 276 valence electrons. The van der Waals surface area contributed by atoms with Gasteiger partial charge in [0.1, 0.15) is 0 Å². The van der Waals surface area contributed by atoms with Gasteiger partial charge in [0.15, 0.2) is 11.5 Å². The molecule has 0 radical (unpaired) electrons. The number of rotatable bonds is 10. The van der Waals surface area contributed by atoms with Crippen molar-refractivity contribution in [3.8, 4) is 11.5 Å². The highest BCUT2D eigenvalue weighted by Gasteiger charge is 2.33. The lowest BCUT2D eigenvalue weighted by Crippen LogP contribution is -2.28. The predicted octanol–water partition coefficient (Wildman–Crippen LogP) is 4.32. The van der Waals surface area contributed by atoms with Crippen LogP contribution in [0.4, 0.5) is 0 Å². The number of aliphatic hydroxyl groups is 3. The molecule has 0 aliphatic carbocycles. The summed E-state index contributed by atoms with van der Waals surface area (Å²) in [5, 5.41) is 37.4. The van der Waals surface area contributed by atoms with Crippen molar-refractivity contribution in [3.05, 3.63) is 94.0 Å². The van der Waals surface area contributed by atoms with Gasteiger partial charge in [0.2, 0.25) is 17.7 Å². The monoisotopic (exact) mass is 723 g/mol. The lowest BCUT2D eigenvalue weighted by molar-refractivity contribution is -0.130. The van der Waals surface area contributed by atoms with Gasteiger partial charge in [-0.2, -0.15) is 0 Å². The number of phenolic OH excluding ortho intramolecular Hbond substituents is 1. The van der Waals surface area contributed by atoms with Crippen LogP contribution < -0.4 is 4.74 Å². The molecule has 4 unspecified atom stereocenters. The minimum absolute atomic E-state index is 0.0384. The van der Waals surface area contributed by atoms with Crippen molar-refractivity contribution in [2.24, 2.45) is 17.8 Å². The highest BCUT2D eigenvalue weighted by molar-refractivity contribution is 6.30. The van der Waals surface area contributed by atoms with Gasteiger partial charge in [-0.15, -0.1) is 0 Å². The Labute approximate surface area is 305 Å². The Morgan fingerprint density at radius 2 is 1.33 bits per heavy atom. The van der Waals surface area contributed by atoms with Gasteiger partial charge in [0, 0.05) is 94.6 Å². The summed E-state index contributed by atoms with van der Waals surface area (Å²) in [4.78, 5) is 40.6. The largest absolute Gasteiger partial charge is 0.504 e. The van der Waals surface area contributed by atoms with E-state index < -0.39 is 0 Å². The van der Waals surface area contributed by atoms with Crippen molar-refractivity contribution in [1.82, 2.24) is 14.7 Å². The lowest BCUT2D eigenvalue weighted by Gasteiger charge is -2.25. The Balaban J connectivity index is 0.000000172. The molecule has 4 atom stereocenters. The SMILES string of the molecule is CC(c1ccccc1)N1CC(CO)CC1=O.COc1cc(CN2CC(CO)CC2=O)ccc1O.Cc1cc(Cl)ccc1CN1CC(CO)CC1=O. The summed E-state index contributed by atoms with van der Waals surface area (Å²) in [6.45, 7) is 7.25. The Morgan fingerprint density at radius 1 is 0.765 bits per heavy atom. The molecule has 3 fully saturated rings. The summed E-state index contributed by atoms with van der Waals surface area (Å²) in [5.41, 5.74) is 4.25.